The van der Waals surface area contributed by atoms with E-state index in [1.165, 1.54) is 7.11 Å². The van der Waals surface area contributed by atoms with Gasteiger partial charge in [-0.3, -0.25) is 4.79 Å². The molecule has 4 rings (SSSR count). The van der Waals surface area contributed by atoms with Crippen LogP contribution in [0.15, 0.2) is 36.5 Å². The van der Waals surface area contributed by atoms with Crippen molar-refractivity contribution in [3.63, 3.8) is 0 Å². The molecular weight excluding hydrogens is 346 g/mol. The highest BCUT2D eigenvalue weighted by Gasteiger charge is 2.25. The Kier molecular flexibility index (Phi) is 4.66. The number of hydrogen-bond acceptors (Lipinski definition) is 6. The van der Waals surface area contributed by atoms with Crippen molar-refractivity contribution in [1.29, 1.82) is 0 Å². The number of nitrogens with zero attached hydrogens (tertiary/aromatic N) is 3. The van der Waals surface area contributed by atoms with Gasteiger partial charge in [0.15, 0.2) is 11.6 Å². The molecular formula is C20H21N3O4. The van der Waals surface area contributed by atoms with Crippen LogP contribution in [0.2, 0.25) is 0 Å². The molecule has 0 radical (unpaired) electrons. The highest BCUT2D eigenvalue weighted by molar-refractivity contribution is 5.95. The summed E-state index contributed by atoms with van der Waals surface area (Å²) >= 11 is 0. The van der Waals surface area contributed by atoms with Crippen LogP contribution in [0, 0.1) is 0 Å². The van der Waals surface area contributed by atoms with Crippen molar-refractivity contribution in [3.05, 3.63) is 47.7 Å². The Morgan fingerprint density at radius 2 is 1.81 bits per heavy atom. The number of hydrogen-bond donors (Lipinski definition) is 0. The molecule has 0 aliphatic carbocycles. The maximum absolute atomic E-state index is 12.6. The Morgan fingerprint density at radius 1 is 1.07 bits per heavy atom. The van der Waals surface area contributed by atoms with Crippen molar-refractivity contribution in [2.45, 2.75) is 12.8 Å². The number of pyridine rings is 1. The summed E-state index contributed by atoms with van der Waals surface area (Å²) in [6.07, 6.45) is 3.72. The lowest BCUT2D eigenvalue weighted by Gasteiger charge is -2.30. The first kappa shape index (κ1) is 17.3. The number of anilines is 2. The van der Waals surface area contributed by atoms with Crippen LogP contribution in [0.1, 0.15) is 33.6 Å². The fourth-order valence-corrected chi connectivity index (χ4v) is 3.47. The monoisotopic (exact) mass is 367 g/mol. The third kappa shape index (κ3) is 3.32. The zero-order valence-electron chi connectivity index (χ0n) is 15.2. The van der Waals surface area contributed by atoms with Crippen molar-refractivity contribution in [2.24, 2.45) is 0 Å². The van der Waals surface area contributed by atoms with Crippen LogP contribution >= 0.6 is 0 Å². The minimum Gasteiger partial charge on any atom is -0.488 e. The molecule has 0 saturated carbocycles. The molecule has 2 aromatic rings. The molecule has 1 fully saturated rings. The van der Waals surface area contributed by atoms with Crippen LogP contribution in [0.5, 0.6) is 5.75 Å². The second kappa shape index (κ2) is 7.26. The van der Waals surface area contributed by atoms with Gasteiger partial charge in [-0.05, 0) is 43.2 Å². The summed E-state index contributed by atoms with van der Waals surface area (Å²) in [7, 11) is 1.36. The maximum Gasteiger partial charge on any atom is 0.337 e. The topological polar surface area (TPSA) is 72.0 Å². The lowest BCUT2D eigenvalue weighted by molar-refractivity contribution is 0.0600. The Bertz CT molecular complexity index is 860. The van der Waals surface area contributed by atoms with Crippen molar-refractivity contribution in [3.8, 4) is 5.75 Å². The van der Waals surface area contributed by atoms with E-state index in [9.17, 15) is 9.59 Å². The number of fused-ring (bicyclic) bond motifs is 1. The number of esters is 1. The summed E-state index contributed by atoms with van der Waals surface area (Å²) in [5, 5.41) is 0. The third-order valence-corrected chi connectivity index (χ3v) is 4.90. The van der Waals surface area contributed by atoms with Gasteiger partial charge in [-0.25, -0.2) is 9.78 Å². The fraction of sp³-hybridized carbons (Fsp3) is 0.350. The molecule has 0 unspecified atom stereocenters. The van der Waals surface area contributed by atoms with Gasteiger partial charge in [0.2, 0.25) is 0 Å². The molecule has 7 heteroatoms. The molecule has 2 aliphatic rings. The van der Waals surface area contributed by atoms with Gasteiger partial charge < -0.3 is 19.3 Å². The van der Waals surface area contributed by atoms with Gasteiger partial charge in [-0.1, -0.05) is 0 Å². The van der Waals surface area contributed by atoms with E-state index in [2.05, 4.69) is 4.98 Å². The van der Waals surface area contributed by atoms with E-state index in [1.54, 1.807) is 24.4 Å². The van der Waals surface area contributed by atoms with Gasteiger partial charge in [-0.15, -0.1) is 0 Å². The molecule has 2 aliphatic heterocycles. The lowest BCUT2D eigenvalue weighted by atomic mass is 10.1. The Balaban J connectivity index is 1.60. The fourth-order valence-electron chi connectivity index (χ4n) is 3.47. The summed E-state index contributed by atoms with van der Waals surface area (Å²) in [4.78, 5) is 32.6. The highest BCUT2D eigenvalue weighted by atomic mass is 16.5. The molecule has 3 heterocycles. The normalized spacial score (nSPS) is 15.9. The first-order valence-electron chi connectivity index (χ1n) is 9.05. The van der Waals surface area contributed by atoms with Crippen molar-refractivity contribution >= 4 is 23.4 Å². The van der Waals surface area contributed by atoms with Crippen LogP contribution in [0.25, 0.3) is 0 Å². The summed E-state index contributed by atoms with van der Waals surface area (Å²) in [5.41, 5.74) is 1.95. The molecule has 0 spiro atoms. The minimum absolute atomic E-state index is 0.00551. The van der Waals surface area contributed by atoms with Gasteiger partial charge in [0.25, 0.3) is 5.91 Å². The maximum atomic E-state index is 12.6. The Hall–Kier alpha value is -3.09. The average molecular weight is 367 g/mol. The highest BCUT2D eigenvalue weighted by Crippen LogP contribution is 2.35. The second-order valence-electron chi connectivity index (χ2n) is 6.58. The van der Waals surface area contributed by atoms with Crippen molar-refractivity contribution in [2.75, 3.05) is 38.3 Å². The second-order valence-corrected chi connectivity index (χ2v) is 6.58. The van der Waals surface area contributed by atoms with E-state index >= 15 is 0 Å². The largest absolute Gasteiger partial charge is 0.488 e. The van der Waals surface area contributed by atoms with Gasteiger partial charge >= 0.3 is 5.97 Å². The smallest absolute Gasteiger partial charge is 0.337 e. The number of aromatic nitrogens is 1. The van der Waals surface area contributed by atoms with E-state index in [4.69, 9.17) is 9.47 Å². The molecule has 1 saturated heterocycles. The number of rotatable bonds is 3. The minimum atomic E-state index is -0.368. The molecule has 0 atom stereocenters. The Labute approximate surface area is 157 Å². The molecule has 1 amide bonds. The van der Waals surface area contributed by atoms with Gasteiger partial charge in [0.05, 0.1) is 24.8 Å². The average Bonchev–Trinajstić information content (AvgIpc) is 3.27. The molecule has 1 aromatic heterocycles. The van der Waals surface area contributed by atoms with Crippen LogP contribution in [0.3, 0.4) is 0 Å². The van der Waals surface area contributed by atoms with E-state index in [0.29, 0.717) is 35.8 Å². The molecule has 0 bridgehead atoms. The van der Waals surface area contributed by atoms with E-state index in [0.717, 1.165) is 31.6 Å². The van der Waals surface area contributed by atoms with Crippen molar-refractivity contribution < 1.29 is 19.1 Å². The number of benzene rings is 1. The first-order chi connectivity index (χ1) is 13.2. The number of methoxy groups -OCH3 is 1. The number of ether oxygens (including phenoxy) is 2. The number of carbonyl (C=O) groups is 2. The molecule has 7 nitrogen and oxygen atoms in total. The summed E-state index contributed by atoms with van der Waals surface area (Å²) < 4.78 is 10.5. The standard InChI is InChI=1S/C20H21N3O4/c1-26-20(25)14-4-6-16(7-5-14)23-10-11-27-17-12-15(13-21-18(17)23)19(24)22-8-2-3-9-22/h4-7,12-13H,2-3,8-11H2,1H3. The van der Waals surface area contributed by atoms with Crippen LogP contribution in [-0.4, -0.2) is 55.1 Å². The summed E-state index contributed by atoms with van der Waals surface area (Å²) in [5.74, 6) is 0.909. The van der Waals surface area contributed by atoms with Gasteiger partial charge in [-0.2, -0.15) is 0 Å². The molecule has 140 valence electrons. The van der Waals surface area contributed by atoms with E-state index in [1.807, 2.05) is 21.9 Å². The van der Waals surface area contributed by atoms with Gasteiger partial charge in [0.1, 0.15) is 6.61 Å². The Morgan fingerprint density at radius 3 is 2.52 bits per heavy atom. The zero-order valence-corrected chi connectivity index (χ0v) is 15.2. The zero-order chi connectivity index (χ0) is 18.8. The van der Waals surface area contributed by atoms with Crippen LogP contribution in [0.4, 0.5) is 11.5 Å². The van der Waals surface area contributed by atoms with Crippen molar-refractivity contribution in [1.82, 2.24) is 9.88 Å². The first-order valence-corrected chi connectivity index (χ1v) is 9.05. The van der Waals surface area contributed by atoms with E-state index in [-0.39, 0.29) is 11.9 Å². The predicted molar refractivity (Wildman–Crippen MR) is 99.7 cm³/mol. The number of carbonyl (C=O) groups excluding carboxylic acids is 2. The molecule has 27 heavy (non-hydrogen) atoms. The molecule has 1 aromatic carbocycles. The quantitative estimate of drug-likeness (QED) is 0.777. The van der Waals surface area contributed by atoms with E-state index < -0.39 is 0 Å². The summed E-state index contributed by atoms with van der Waals surface area (Å²) in [6, 6.07) is 8.93. The third-order valence-electron chi connectivity index (χ3n) is 4.90. The number of likely N-dealkylation sites (tertiary alicyclic amines) is 1. The van der Waals surface area contributed by atoms with Gasteiger partial charge in [0, 0.05) is 25.0 Å². The van der Waals surface area contributed by atoms with Crippen LogP contribution < -0.4 is 9.64 Å². The van der Waals surface area contributed by atoms with Crippen LogP contribution in [-0.2, 0) is 4.74 Å². The lowest BCUT2D eigenvalue weighted by Crippen LogP contribution is -2.31. The SMILES string of the molecule is COC(=O)c1ccc(N2CCOc3cc(C(=O)N4CCCC4)cnc32)cc1. The number of amides is 1. The predicted octanol–water partition coefficient (Wildman–Crippen LogP) is 2.63. The summed E-state index contributed by atoms with van der Waals surface area (Å²) in [6.45, 7) is 2.73. The molecule has 0 N–H and O–H groups in total.